The zero-order chi connectivity index (χ0) is 21.7. The number of aromatic nitrogens is 4. The summed E-state index contributed by atoms with van der Waals surface area (Å²) in [4.78, 5) is 25.0. The second-order valence-electron chi connectivity index (χ2n) is 6.80. The largest absolute Gasteiger partial charge is 0.390 e. The van der Waals surface area contributed by atoms with Gasteiger partial charge in [-0.15, -0.1) is 0 Å². The number of aliphatic hydroxyl groups excluding tert-OH is 3. The van der Waals surface area contributed by atoms with Crippen molar-refractivity contribution < 1.29 is 24.5 Å². The second-order valence-corrected chi connectivity index (χ2v) is 7.24. The number of alkyl halides is 1. The van der Waals surface area contributed by atoms with Gasteiger partial charge in [0.1, 0.15) is 11.8 Å². The molecule has 0 radical (unpaired) electrons. The molecule has 0 bridgehead atoms. The fourth-order valence-electron chi connectivity index (χ4n) is 3.27. The molecule has 160 valence electrons. The van der Waals surface area contributed by atoms with Gasteiger partial charge in [-0.25, -0.2) is 19.3 Å². The number of nitrogens with one attached hydrogen (secondary N) is 2. The zero-order valence-corrected chi connectivity index (χ0v) is 16.5. The van der Waals surface area contributed by atoms with Gasteiger partial charge in [0, 0.05) is 10.9 Å². The van der Waals surface area contributed by atoms with Crippen molar-refractivity contribution in [3.8, 4) is 0 Å². The van der Waals surface area contributed by atoms with E-state index in [2.05, 4.69) is 25.3 Å². The number of carbonyl (C=O) groups is 1. The first-order valence-electron chi connectivity index (χ1n) is 9.20. The molecule has 30 heavy (non-hydrogen) atoms. The van der Waals surface area contributed by atoms with E-state index in [0.717, 1.165) is 5.56 Å². The van der Waals surface area contributed by atoms with E-state index in [1.165, 1.54) is 12.7 Å². The molecule has 1 amide bonds. The summed E-state index contributed by atoms with van der Waals surface area (Å²) in [6, 6.07) is 6.89. The lowest BCUT2D eigenvalue weighted by atomic mass is 9.92. The molecule has 1 fully saturated rings. The monoisotopic (exact) mass is 437 g/mol. The summed E-state index contributed by atoms with van der Waals surface area (Å²) in [6.07, 6.45) is 1.53. The Kier molecular flexibility index (Phi) is 7.27. The lowest BCUT2D eigenvalue weighted by molar-refractivity contribution is -0.117. The van der Waals surface area contributed by atoms with Crippen LogP contribution in [0.5, 0.6) is 0 Å². The molecule has 5 N–H and O–H groups in total. The highest BCUT2D eigenvalue weighted by atomic mass is 35.5. The Morgan fingerprint density at radius 1 is 1.23 bits per heavy atom. The normalized spacial score (nSPS) is 21.7. The smallest absolute Gasteiger partial charge is 0.256 e. The van der Waals surface area contributed by atoms with Crippen LogP contribution in [-0.2, 0) is 4.79 Å². The topological polar surface area (TPSA) is 144 Å². The quantitative estimate of drug-likeness (QED) is 0.418. The average molecular weight is 438 g/mol. The van der Waals surface area contributed by atoms with E-state index in [9.17, 15) is 24.5 Å². The van der Waals surface area contributed by atoms with E-state index in [0.29, 0.717) is 29.0 Å². The molecule has 0 spiro atoms. The van der Waals surface area contributed by atoms with Gasteiger partial charge in [-0.2, -0.15) is 0 Å². The number of hydrogen-bond acceptors (Lipinski definition) is 7. The summed E-state index contributed by atoms with van der Waals surface area (Å²) in [6.45, 7) is -1.08. The number of halogens is 2. The van der Waals surface area contributed by atoms with Gasteiger partial charge in [-0.3, -0.25) is 4.79 Å². The summed E-state index contributed by atoms with van der Waals surface area (Å²) < 4.78 is 11.9. The average Bonchev–Trinajstić information content (AvgIpc) is 3.36. The van der Waals surface area contributed by atoms with E-state index in [4.69, 9.17) is 11.6 Å². The van der Waals surface area contributed by atoms with Gasteiger partial charge in [-0.05, 0) is 30.5 Å². The highest BCUT2D eigenvalue weighted by Gasteiger charge is 2.38. The molecular formula is C19H21ClFN5O4. The van der Waals surface area contributed by atoms with Crippen LogP contribution in [0.1, 0.15) is 24.5 Å². The summed E-state index contributed by atoms with van der Waals surface area (Å²) in [5.74, 6) is -0.814. The number of carbonyl (C=O) groups excluding carboxylic acids is 1. The van der Waals surface area contributed by atoms with E-state index in [1.54, 1.807) is 24.3 Å². The lowest BCUT2D eigenvalue weighted by Gasteiger charge is -2.22. The highest BCUT2D eigenvalue weighted by molar-refractivity contribution is 6.30. The van der Waals surface area contributed by atoms with Crippen molar-refractivity contribution in [1.82, 2.24) is 19.9 Å². The van der Waals surface area contributed by atoms with Gasteiger partial charge in [0.25, 0.3) is 5.91 Å². The summed E-state index contributed by atoms with van der Waals surface area (Å²) in [5.41, 5.74) is 1.63. The molecule has 9 nitrogen and oxygen atoms in total. The third-order valence-corrected chi connectivity index (χ3v) is 5.10. The van der Waals surface area contributed by atoms with Gasteiger partial charge in [0.05, 0.1) is 24.6 Å². The van der Waals surface area contributed by atoms with E-state index >= 15 is 0 Å². The second kappa shape index (κ2) is 9.90. The third-order valence-electron chi connectivity index (χ3n) is 4.85. The standard InChI is InChI=1S/C12H15ClO3.C7H6FN5O/c13-8-3-1-7(2-4-8)11(15)9-5-6-10(14)12(9)16;8-1-4(14)13-7-5-6(10-2-9-5)11-3-12-7/h1-4,9-12,14-16H,5-6H2;2-3H,1H2,(H2,9,10,11,12,13,14). The zero-order valence-electron chi connectivity index (χ0n) is 15.7. The Morgan fingerprint density at radius 3 is 2.60 bits per heavy atom. The van der Waals surface area contributed by atoms with Crippen LogP contribution in [-0.4, -0.2) is 60.0 Å². The Labute approximate surface area is 176 Å². The molecule has 1 aliphatic rings. The minimum atomic E-state index is -1.08. The molecule has 4 atom stereocenters. The number of aromatic amines is 1. The Bertz CT molecular complexity index is 986. The molecule has 1 saturated carbocycles. The maximum absolute atomic E-state index is 11.9. The van der Waals surface area contributed by atoms with Crippen LogP contribution < -0.4 is 5.32 Å². The van der Waals surface area contributed by atoms with Gasteiger partial charge < -0.3 is 25.6 Å². The maximum Gasteiger partial charge on any atom is 0.256 e. The van der Waals surface area contributed by atoms with Crippen LogP contribution in [0.15, 0.2) is 36.9 Å². The first kappa shape index (κ1) is 22.0. The summed E-state index contributed by atoms with van der Waals surface area (Å²) in [7, 11) is 0. The number of anilines is 1. The molecule has 2 heterocycles. The predicted molar refractivity (Wildman–Crippen MR) is 107 cm³/mol. The molecule has 4 unspecified atom stereocenters. The Morgan fingerprint density at radius 2 is 1.97 bits per heavy atom. The number of benzene rings is 1. The van der Waals surface area contributed by atoms with E-state index < -0.39 is 30.9 Å². The fraction of sp³-hybridized carbons (Fsp3) is 0.368. The molecule has 3 aromatic rings. The predicted octanol–water partition coefficient (Wildman–Crippen LogP) is 1.77. The van der Waals surface area contributed by atoms with Crippen molar-refractivity contribution in [2.45, 2.75) is 31.2 Å². The molecule has 4 rings (SSSR count). The van der Waals surface area contributed by atoms with Crippen LogP contribution in [0.25, 0.3) is 11.2 Å². The van der Waals surface area contributed by atoms with Crippen molar-refractivity contribution in [3.05, 3.63) is 47.5 Å². The Balaban J connectivity index is 0.000000172. The molecule has 11 heteroatoms. The van der Waals surface area contributed by atoms with Crippen molar-refractivity contribution >= 4 is 34.5 Å². The van der Waals surface area contributed by atoms with Crippen molar-refractivity contribution in [2.24, 2.45) is 5.92 Å². The van der Waals surface area contributed by atoms with Crippen LogP contribution in [0.4, 0.5) is 10.2 Å². The summed E-state index contributed by atoms with van der Waals surface area (Å²) in [5, 5.41) is 32.1. The van der Waals surface area contributed by atoms with E-state index in [-0.39, 0.29) is 11.7 Å². The van der Waals surface area contributed by atoms with Crippen molar-refractivity contribution in [3.63, 3.8) is 0 Å². The number of nitrogens with zero attached hydrogens (tertiary/aromatic N) is 3. The van der Waals surface area contributed by atoms with Crippen LogP contribution in [0, 0.1) is 5.92 Å². The maximum atomic E-state index is 11.9. The SMILES string of the molecule is O=C(CF)Nc1ncnc2nc[nH]c12.OC1CCC(C(O)c2ccc(Cl)cc2)C1O. The van der Waals surface area contributed by atoms with Gasteiger partial charge in [0.2, 0.25) is 0 Å². The number of aliphatic hydroxyl groups is 3. The number of fused-ring (bicyclic) bond motifs is 1. The number of imidazole rings is 1. The molecule has 1 aromatic carbocycles. The molecule has 0 aliphatic heterocycles. The lowest BCUT2D eigenvalue weighted by Crippen LogP contribution is -2.28. The van der Waals surface area contributed by atoms with Gasteiger partial charge in [-0.1, -0.05) is 23.7 Å². The number of hydrogen-bond donors (Lipinski definition) is 5. The third kappa shape index (κ3) is 5.08. The van der Waals surface area contributed by atoms with E-state index in [1.807, 2.05) is 0 Å². The Hall–Kier alpha value is -2.66. The minimum absolute atomic E-state index is 0.232. The fourth-order valence-corrected chi connectivity index (χ4v) is 3.39. The van der Waals surface area contributed by atoms with Gasteiger partial charge in [0.15, 0.2) is 18.1 Å². The van der Waals surface area contributed by atoms with Gasteiger partial charge >= 0.3 is 0 Å². The summed E-state index contributed by atoms with van der Waals surface area (Å²) >= 11 is 5.76. The van der Waals surface area contributed by atoms with Crippen molar-refractivity contribution in [1.29, 1.82) is 0 Å². The van der Waals surface area contributed by atoms with Crippen molar-refractivity contribution in [2.75, 3.05) is 12.0 Å². The van der Waals surface area contributed by atoms with Crippen LogP contribution >= 0.6 is 11.6 Å². The molecular weight excluding hydrogens is 417 g/mol. The number of H-pyrrole nitrogens is 1. The van der Waals surface area contributed by atoms with Crippen LogP contribution in [0.2, 0.25) is 5.02 Å². The molecule has 1 aliphatic carbocycles. The first-order valence-corrected chi connectivity index (χ1v) is 9.58. The number of amides is 1. The first-order chi connectivity index (χ1) is 14.4. The number of rotatable bonds is 4. The molecule has 2 aromatic heterocycles. The van der Waals surface area contributed by atoms with Crippen LogP contribution in [0.3, 0.4) is 0 Å². The molecule has 0 saturated heterocycles. The minimum Gasteiger partial charge on any atom is -0.390 e. The highest BCUT2D eigenvalue weighted by Crippen LogP contribution is 2.36.